The summed E-state index contributed by atoms with van der Waals surface area (Å²) >= 11 is 5.73. The summed E-state index contributed by atoms with van der Waals surface area (Å²) in [6.45, 7) is 2.70. The highest BCUT2D eigenvalue weighted by atomic mass is 35.5. The van der Waals surface area contributed by atoms with Crippen LogP contribution >= 0.6 is 11.6 Å². The second kappa shape index (κ2) is 13.2. The number of carbonyl (C=O) groups is 2. The molecule has 8 nitrogen and oxygen atoms in total. The van der Waals surface area contributed by atoms with Gasteiger partial charge < -0.3 is 24.4 Å². The summed E-state index contributed by atoms with van der Waals surface area (Å²) in [7, 11) is 2.74. The van der Waals surface area contributed by atoms with Crippen molar-refractivity contribution < 1.29 is 50.1 Å². The standard InChI is InChI=1S/C27H30ClF6N3O5/c1-5-42-25(39)37-15(2)8-20(19-12-22(40-3)23(41-4)13-21(19)37)36(24(38)35-7-6-28)14-16-9-17(26(29,30)31)11-18(10-16)27(32,33)34/h9-13,15,20H,5-8,14H2,1-4H3,(H,35,38)/t15-,20+/m0/s1. The number of urea groups is 1. The molecule has 15 heteroatoms. The summed E-state index contributed by atoms with van der Waals surface area (Å²) in [5.41, 5.74) is -2.81. The number of nitrogens with one attached hydrogen (secondary N) is 1. The van der Waals surface area contributed by atoms with Crippen molar-refractivity contribution >= 4 is 29.4 Å². The normalized spacial score (nSPS) is 16.9. The van der Waals surface area contributed by atoms with Crippen molar-refractivity contribution in [2.45, 2.75) is 51.2 Å². The van der Waals surface area contributed by atoms with Gasteiger partial charge in [0.15, 0.2) is 11.5 Å². The SMILES string of the molecule is CCOC(=O)N1c2cc(OC)c(OC)cc2[C@H](N(Cc2cc(C(F)(F)F)cc(C(F)(F)F)c2)C(=O)NCCCl)C[C@@H]1C. The minimum Gasteiger partial charge on any atom is -0.493 e. The Kier molecular flexibility index (Phi) is 10.3. The molecule has 2 aromatic rings. The minimum absolute atomic E-state index is 0.000670. The van der Waals surface area contributed by atoms with Crippen molar-refractivity contribution in [3.8, 4) is 11.5 Å². The zero-order valence-corrected chi connectivity index (χ0v) is 23.9. The van der Waals surface area contributed by atoms with Crippen molar-refractivity contribution in [3.05, 3.63) is 52.6 Å². The van der Waals surface area contributed by atoms with E-state index in [2.05, 4.69) is 5.32 Å². The predicted molar refractivity (Wildman–Crippen MR) is 142 cm³/mol. The van der Waals surface area contributed by atoms with Crippen molar-refractivity contribution in [1.82, 2.24) is 10.2 Å². The minimum atomic E-state index is -5.07. The highest BCUT2D eigenvalue weighted by Gasteiger charge is 2.41. The third-order valence-corrected chi connectivity index (χ3v) is 6.82. The first-order valence-electron chi connectivity index (χ1n) is 12.8. The summed E-state index contributed by atoms with van der Waals surface area (Å²) in [6, 6.07) is 1.83. The number of halogens is 7. The van der Waals surface area contributed by atoms with Crippen molar-refractivity contribution in [1.29, 1.82) is 0 Å². The Morgan fingerprint density at radius 3 is 2.07 bits per heavy atom. The number of ether oxygens (including phenoxy) is 3. The van der Waals surface area contributed by atoms with Gasteiger partial charge in [-0.1, -0.05) is 0 Å². The second-order valence-electron chi connectivity index (χ2n) is 9.40. The highest BCUT2D eigenvalue weighted by Crippen LogP contribution is 2.47. The van der Waals surface area contributed by atoms with Gasteiger partial charge in [-0.3, -0.25) is 4.90 Å². The van der Waals surface area contributed by atoms with Crippen LogP contribution in [0.1, 0.15) is 48.6 Å². The van der Waals surface area contributed by atoms with Gasteiger partial charge >= 0.3 is 24.5 Å². The number of hydrogen-bond donors (Lipinski definition) is 1. The van der Waals surface area contributed by atoms with E-state index in [1.54, 1.807) is 13.8 Å². The molecule has 0 fully saturated rings. The maximum absolute atomic E-state index is 13.6. The first kappa shape index (κ1) is 33.0. The summed E-state index contributed by atoms with van der Waals surface area (Å²) in [5.74, 6) is 0.462. The van der Waals surface area contributed by atoms with Crippen molar-refractivity contribution in [2.24, 2.45) is 0 Å². The average molecular weight is 626 g/mol. The maximum Gasteiger partial charge on any atom is 0.416 e. The number of benzene rings is 2. The first-order chi connectivity index (χ1) is 19.7. The maximum atomic E-state index is 13.6. The van der Waals surface area contributed by atoms with Crippen LogP contribution in [-0.2, 0) is 23.6 Å². The number of fused-ring (bicyclic) bond motifs is 1. The smallest absolute Gasteiger partial charge is 0.416 e. The Bertz CT molecular complexity index is 1260. The fraction of sp³-hybridized carbons (Fsp3) is 0.481. The molecule has 2 aromatic carbocycles. The number of anilines is 1. The van der Waals surface area contributed by atoms with Crippen molar-refractivity contribution in [3.63, 3.8) is 0 Å². The summed E-state index contributed by atoms with van der Waals surface area (Å²) < 4.78 is 97.5. The lowest BCUT2D eigenvalue weighted by Gasteiger charge is -2.43. The molecule has 3 amide bonds. The largest absolute Gasteiger partial charge is 0.493 e. The van der Waals surface area contributed by atoms with Gasteiger partial charge in [0.2, 0.25) is 0 Å². The third kappa shape index (κ3) is 7.26. The molecule has 42 heavy (non-hydrogen) atoms. The molecule has 0 saturated carbocycles. The molecule has 0 radical (unpaired) electrons. The molecule has 1 heterocycles. The molecule has 0 spiro atoms. The number of alkyl halides is 7. The van der Waals surface area contributed by atoms with E-state index in [0.717, 1.165) is 4.90 Å². The van der Waals surface area contributed by atoms with Crippen LogP contribution in [0.3, 0.4) is 0 Å². The van der Waals surface area contributed by atoms with Gasteiger partial charge in [-0.05, 0) is 50.1 Å². The van der Waals surface area contributed by atoms with Crippen LogP contribution in [-0.4, -0.2) is 56.3 Å². The molecule has 1 aliphatic rings. The Morgan fingerprint density at radius 1 is 1.00 bits per heavy atom. The molecule has 1 aliphatic heterocycles. The zero-order chi connectivity index (χ0) is 31.4. The van der Waals surface area contributed by atoms with Gasteiger partial charge in [0.1, 0.15) is 0 Å². The predicted octanol–water partition coefficient (Wildman–Crippen LogP) is 6.99. The fourth-order valence-corrected chi connectivity index (χ4v) is 4.90. The van der Waals surface area contributed by atoms with E-state index in [9.17, 15) is 35.9 Å². The number of nitrogens with zero attached hydrogens (tertiary/aromatic N) is 2. The Labute approximate surface area is 243 Å². The molecule has 0 bridgehead atoms. The highest BCUT2D eigenvalue weighted by molar-refractivity contribution is 6.18. The van der Waals surface area contributed by atoms with E-state index in [1.165, 1.54) is 31.3 Å². The molecule has 1 N–H and O–H groups in total. The van der Waals surface area contributed by atoms with Crippen LogP contribution in [0.15, 0.2) is 30.3 Å². The Balaban J connectivity index is 2.22. The van der Waals surface area contributed by atoms with E-state index >= 15 is 0 Å². The van der Waals surface area contributed by atoms with E-state index in [4.69, 9.17) is 25.8 Å². The quantitative estimate of drug-likeness (QED) is 0.253. The second-order valence-corrected chi connectivity index (χ2v) is 9.78. The Hall–Kier alpha value is -3.55. The van der Waals surface area contributed by atoms with Gasteiger partial charge in [0, 0.05) is 36.6 Å². The number of hydrogen-bond acceptors (Lipinski definition) is 5. The molecular formula is C27H30ClF6N3O5. The molecule has 2 atom stereocenters. The fourth-order valence-electron chi connectivity index (χ4n) is 4.81. The Morgan fingerprint density at radius 2 is 1.57 bits per heavy atom. The lowest BCUT2D eigenvalue weighted by molar-refractivity contribution is -0.143. The van der Waals surface area contributed by atoms with Gasteiger partial charge in [-0.25, -0.2) is 9.59 Å². The van der Waals surface area contributed by atoms with E-state index in [0.29, 0.717) is 17.7 Å². The molecule has 0 saturated heterocycles. The van der Waals surface area contributed by atoms with Gasteiger partial charge in [-0.2, -0.15) is 26.3 Å². The zero-order valence-electron chi connectivity index (χ0n) is 23.2. The van der Waals surface area contributed by atoms with Gasteiger partial charge in [0.05, 0.1) is 43.7 Å². The van der Waals surface area contributed by atoms with Crippen LogP contribution in [0, 0.1) is 0 Å². The summed E-state index contributed by atoms with van der Waals surface area (Å²) in [5, 5.41) is 2.54. The average Bonchev–Trinajstić information content (AvgIpc) is 2.92. The first-order valence-corrected chi connectivity index (χ1v) is 13.3. The number of methoxy groups -OCH3 is 2. The monoisotopic (exact) mass is 625 g/mol. The molecule has 0 aliphatic carbocycles. The van der Waals surface area contributed by atoms with Crippen LogP contribution in [0.5, 0.6) is 11.5 Å². The number of amides is 3. The molecular weight excluding hydrogens is 596 g/mol. The molecule has 0 unspecified atom stereocenters. The molecule has 232 valence electrons. The van der Waals surface area contributed by atoms with Crippen molar-refractivity contribution in [2.75, 3.05) is 38.2 Å². The van der Waals surface area contributed by atoms with Crippen LogP contribution in [0.2, 0.25) is 0 Å². The van der Waals surface area contributed by atoms with Crippen LogP contribution < -0.4 is 19.7 Å². The summed E-state index contributed by atoms with van der Waals surface area (Å²) in [4.78, 5) is 28.8. The number of carbonyl (C=O) groups excluding carboxylic acids is 2. The van der Waals surface area contributed by atoms with Gasteiger partial charge in [0.25, 0.3) is 0 Å². The topological polar surface area (TPSA) is 80.3 Å². The lowest BCUT2D eigenvalue weighted by Crippen LogP contribution is -2.49. The van der Waals surface area contributed by atoms with Crippen LogP contribution in [0.25, 0.3) is 0 Å². The van der Waals surface area contributed by atoms with Gasteiger partial charge in [-0.15, -0.1) is 11.6 Å². The van der Waals surface area contributed by atoms with Crippen LogP contribution in [0.4, 0.5) is 41.6 Å². The van der Waals surface area contributed by atoms with E-state index in [-0.39, 0.29) is 48.7 Å². The van der Waals surface area contributed by atoms with E-state index < -0.39 is 59.8 Å². The number of rotatable bonds is 8. The third-order valence-electron chi connectivity index (χ3n) is 6.63. The van der Waals surface area contributed by atoms with E-state index in [1.807, 2.05) is 0 Å². The molecule has 3 rings (SSSR count). The summed E-state index contributed by atoms with van der Waals surface area (Å²) in [6.07, 6.45) is -10.8. The molecule has 0 aromatic heterocycles. The lowest BCUT2D eigenvalue weighted by atomic mass is 9.89.